The van der Waals surface area contributed by atoms with Crippen molar-refractivity contribution in [2.75, 3.05) is 0 Å². The fourth-order valence-electron chi connectivity index (χ4n) is 0.931. The number of halogens is 1. The molecule has 0 aromatic heterocycles. The number of nitriles is 1. The SMILES string of the molecule is N#C/C=C/c1cc(Cl)cc([N+](=O)[O-])c1. The van der Waals surface area contributed by atoms with E-state index >= 15 is 0 Å². The number of non-ortho nitro benzene ring substituents is 1. The molecule has 14 heavy (non-hydrogen) atoms. The minimum atomic E-state index is -0.532. The van der Waals surface area contributed by atoms with E-state index in [1.54, 1.807) is 12.1 Å². The van der Waals surface area contributed by atoms with E-state index in [-0.39, 0.29) is 10.7 Å². The highest BCUT2D eigenvalue weighted by molar-refractivity contribution is 6.30. The average Bonchev–Trinajstić information content (AvgIpc) is 2.14. The molecule has 0 aliphatic carbocycles. The fourth-order valence-corrected chi connectivity index (χ4v) is 1.17. The Morgan fingerprint density at radius 1 is 1.50 bits per heavy atom. The second kappa shape index (κ2) is 4.40. The highest BCUT2D eigenvalue weighted by atomic mass is 35.5. The van der Waals surface area contributed by atoms with Crippen LogP contribution < -0.4 is 0 Å². The van der Waals surface area contributed by atoms with E-state index < -0.39 is 4.92 Å². The Hall–Kier alpha value is -1.86. The third kappa shape index (κ3) is 2.57. The van der Waals surface area contributed by atoms with Crippen molar-refractivity contribution in [2.45, 2.75) is 0 Å². The van der Waals surface area contributed by atoms with E-state index in [4.69, 9.17) is 16.9 Å². The molecule has 0 saturated heterocycles. The maximum absolute atomic E-state index is 10.4. The summed E-state index contributed by atoms with van der Waals surface area (Å²) in [6.07, 6.45) is 2.69. The molecule has 0 heterocycles. The van der Waals surface area contributed by atoms with Crippen molar-refractivity contribution in [1.82, 2.24) is 0 Å². The Balaban J connectivity index is 3.15. The van der Waals surface area contributed by atoms with Crippen LogP contribution in [0.5, 0.6) is 0 Å². The lowest BCUT2D eigenvalue weighted by Crippen LogP contribution is -1.88. The van der Waals surface area contributed by atoms with Gasteiger partial charge >= 0.3 is 0 Å². The lowest BCUT2D eigenvalue weighted by molar-refractivity contribution is -0.384. The van der Waals surface area contributed by atoms with Gasteiger partial charge in [-0.3, -0.25) is 10.1 Å². The monoisotopic (exact) mass is 208 g/mol. The van der Waals surface area contributed by atoms with Crippen LogP contribution in [-0.2, 0) is 0 Å². The van der Waals surface area contributed by atoms with Gasteiger partial charge in [-0.05, 0) is 17.7 Å². The highest BCUT2D eigenvalue weighted by Crippen LogP contribution is 2.21. The predicted molar refractivity (Wildman–Crippen MR) is 52.8 cm³/mol. The van der Waals surface area contributed by atoms with Crippen molar-refractivity contribution in [1.29, 1.82) is 5.26 Å². The predicted octanol–water partition coefficient (Wildman–Crippen LogP) is 2.78. The van der Waals surface area contributed by atoms with E-state index in [0.29, 0.717) is 5.56 Å². The van der Waals surface area contributed by atoms with E-state index in [1.807, 2.05) is 0 Å². The van der Waals surface area contributed by atoms with Gasteiger partial charge in [-0.1, -0.05) is 11.6 Å². The number of allylic oxidation sites excluding steroid dienone is 1. The standard InChI is InChI=1S/C9H5ClN2O2/c10-8-4-7(2-1-3-11)5-9(6-8)12(13)14/h1-2,4-6H/b2-1+. The van der Waals surface area contributed by atoms with Gasteiger partial charge in [0.05, 0.1) is 11.0 Å². The molecule has 0 amide bonds. The van der Waals surface area contributed by atoms with E-state index in [0.717, 1.165) is 0 Å². The summed E-state index contributed by atoms with van der Waals surface area (Å²) in [6.45, 7) is 0. The Morgan fingerprint density at radius 3 is 2.79 bits per heavy atom. The number of rotatable bonds is 2. The van der Waals surface area contributed by atoms with Gasteiger partial charge in [0.15, 0.2) is 0 Å². The number of benzene rings is 1. The quantitative estimate of drug-likeness (QED) is 0.426. The first-order valence-electron chi connectivity index (χ1n) is 3.64. The van der Waals surface area contributed by atoms with Crippen LogP contribution in [0.3, 0.4) is 0 Å². The second-order valence-electron chi connectivity index (χ2n) is 2.46. The molecule has 0 aliphatic heterocycles. The molecule has 1 aromatic rings. The van der Waals surface area contributed by atoms with Gasteiger partial charge in [0, 0.05) is 23.2 Å². The Morgan fingerprint density at radius 2 is 2.21 bits per heavy atom. The number of hydrogen-bond donors (Lipinski definition) is 0. The molecule has 1 aromatic carbocycles. The number of nitro benzene ring substituents is 1. The minimum absolute atomic E-state index is 0.0879. The normalized spacial score (nSPS) is 10.0. The number of nitro groups is 1. The van der Waals surface area contributed by atoms with Crippen molar-refractivity contribution < 1.29 is 4.92 Å². The van der Waals surface area contributed by atoms with Crippen molar-refractivity contribution in [3.8, 4) is 6.07 Å². The van der Waals surface area contributed by atoms with Gasteiger partial charge in [-0.2, -0.15) is 5.26 Å². The molecule has 0 saturated carbocycles. The molecule has 0 radical (unpaired) electrons. The van der Waals surface area contributed by atoms with E-state index in [9.17, 15) is 10.1 Å². The zero-order valence-electron chi connectivity index (χ0n) is 6.98. The van der Waals surface area contributed by atoms with Gasteiger partial charge in [0.2, 0.25) is 0 Å². The zero-order valence-corrected chi connectivity index (χ0v) is 7.73. The van der Waals surface area contributed by atoms with E-state index in [2.05, 4.69) is 0 Å². The molecule has 0 spiro atoms. The molecule has 5 heteroatoms. The summed E-state index contributed by atoms with van der Waals surface area (Å²) >= 11 is 5.65. The first kappa shape index (κ1) is 10.2. The molecule has 0 fully saturated rings. The lowest BCUT2D eigenvalue weighted by atomic mass is 10.2. The molecule has 4 nitrogen and oxygen atoms in total. The zero-order chi connectivity index (χ0) is 10.6. The smallest absolute Gasteiger partial charge is 0.258 e. The summed E-state index contributed by atoms with van der Waals surface area (Å²) in [5.74, 6) is 0. The van der Waals surface area contributed by atoms with Crippen LogP contribution in [0.1, 0.15) is 5.56 Å². The minimum Gasteiger partial charge on any atom is -0.258 e. The number of nitrogens with zero attached hydrogens (tertiary/aromatic N) is 2. The molecule has 70 valence electrons. The van der Waals surface area contributed by atoms with Crippen LogP contribution in [-0.4, -0.2) is 4.92 Å². The van der Waals surface area contributed by atoms with Crippen LogP contribution >= 0.6 is 11.6 Å². The number of hydrogen-bond acceptors (Lipinski definition) is 3. The van der Waals surface area contributed by atoms with Gasteiger partial charge in [-0.25, -0.2) is 0 Å². The van der Waals surface area contributed by atoms with Gasteiger partial charge in [0.1, 0.15) is 0 Å². The maximum atomic E-state index is 10.4. The molecule has 0 N–H and O–H groups in total. The van der Waals surface area contributed by atoms with Gasteiger partial charge < -0.3 is 0 Å². The van der Waals surface area contributed by atoms with Crippen molar-refractivity contribution in [3.05, 3.63) is 45.0 Å². The van der Waals surface area contributed by atoms with Crippen molar-refractivity contribution >= 4 is 23.4 Å². The summed E-state index contributed by atoms with van der Waals surface area (Å²) in [5.41, 5.74) is 0.445. The van der Waals surface area contributed by atoms with Crippen molar-refractivity contribution in [3.63, 3.8) is 0 Å². The lowest BCUT2D eigenvalue weighted by Gasteiger charge is -1.95. The first-order chi connectivity index (χ1) is 6.63. The third-order valence-electron chi connectivity index (χ3n) is 1.47. The van der Waals surface area contributed by atoms with Gasteiger partial charge in [0.25, 0.3) is 5.69 Å². The fraction of sp³-hybridized carbons (Fsp3) is 0. The third-order valence-corrected chi connectivity index (χ3v) is 1.68. The van der Waals surface area contributed by atoms with Crippen LogP contribution in [0, 0.1) is 21.4 Å². The molecule has 0 bridgehead atoms. The second-order valence-corrected chi connectivity index (χ2v) is 2.90. The molecule has 1 rings (SSSR count). The van der Waals surface area contributed by atoms with Crippen LogP contribution in [0.2, 0.25) is 5.02 Å². The summed E-state index contributed by atoms with van der Waals surface area (Å²) in [7, 11) is 0. The molecular formula is C9H5ClN2O2. The van der Waals surface area contributed by atoms with Crippen molar-refractivity contribution in [2.24, 2.45) is 0 Å². The summed E-state index contributed by atoms with van der Waals surface area (Å²) in [6, 6.07) is 5.94. The Kier molecular flexibility index (Phi) is 3.21. The molecular weight excluding hydrogens is 204 g/mol. The Bertz CT molecular complexity index is 435. The summed E-state index contributed by atoms with van der Waals surface area (Å²) < 4.78 is 0. The summed E-state index contributed by atoms with van der Waals surface area (Å²) in [4.78, 5) is 9.90. The average molecular weight is 209 g/mol. The molecule has 0 unspecified atom stereocenters. The largest absolute Gasteiger partial charge is 0.271 e. The Labute approximate surface area is 85.2 Å². The summed E-state index contributed by atoms with van der Waals surface area (Å²) in [5, 5.41) is 19.0. The highest BCUT2D eigenvalue weighted by Gasteiger charge is 2.06. The topological polar surface area (TPSA) is 66.9 Å². The maximum Gasteiger partial charge on any atom is 0.271 e. The van der Waals surface area contributed by atoms with E-state index in [1.165, 1.54) is 24.3 Å². The first-order valence-corrected chi connectivity index (χ1v) is 4.02. The molecule has 0 atom stereocenters. The van der Waals surface area contributed by atoms with Crippen LogP contribution in [0.25, 0.3) is 6.08 Å². The van der Waals surface area contributed by atoms with Crippen LogP contribution in [0.15, 0.2) is 24.3 Å². The van der Waals surface area contributed by atoms with Crippen LogP contribution in [0.4, 0.5) is 5.69 Å². The molecule has 0 aliphatic rings. The van der Waals surface area contributed by atoms with Gasteiger partial charge in [-0.15, -0.1) is 0 Å².